The van der Waals surface area contributed by atoms with Gasteiger partial charge in [0, 0.05) is 6.54 Å². The van der Waals surface area contributed by atoms with Crippen molar-refractivity contribution in [3.8, 4) is 0 Å². The lowest BCUT2D eigenvalue weighted by Crippen LogP contribution is -2.45. The summed E-state index contributed by atoms with van der Waals surface area (Å²) >= 11 is 0. The molecular formula is C12H24N2O2. The van der Waals surface area contributed by atoms with Crippen molar-refractivity contribution in [2.75, 3.05) is 13.1 Å². The standard InChI is InChI=1S/C12H24N2O2/c1-8(2)6-10(15)7-14-12(16)11-9(3)4-5-13-11/h8-11,13,15H,4-7H2,1-3H3,(H,14,16). The molecule has 0 aromatic heterocycles. The molecule has 4 heteroatoms. The Kier molecular flexibility index (Phi) is 5.22. The normalized spacial score (nSPS) is 27.1. The fraction of sp³-hybridized carbons (Fsp3) is 0.917. The van der Waals surface area contributed by atoms with Gasteiger partial charge in [0.05, 0.1) is 12.1 Å². The molecule has 1 aliphatic rings. The topological polar surface area (TPSA) is 61.4 Å². The molecule has 1 amide bonds. The first-order valence-electron chi connectivity index (χ1n) is 6.20. The zero-order valence-electron chi connectivity index (χ0n) is 10.5. The Hall–Kier alpha value is -0.610. The highest BCUT2D eigenvalue weighted by atomic mass is 16.3. The third-order valence-corrected chi connectivity index (χ3v) is 3.07. The van der Waals surface area contributed by atoms with Crippen LogP contribution in [-0.4, -0.2) is 36.2 Å². The summed E-state index contributed by atoms with van der Waals surface area (Å²) in [5.74, 6) is 0.866. The van der Waals surface area contributed by atoms with Crippen molar-refractivity contribution in [3.05, 3.63) is 0 Å². The van der Waals surface area contributed by atoms with E-state index >= 15 is 0 Å². The van der Waals surface area contributed by atoms with Crippen LogP contribution in [0.3, 0.4) is 0 Å². The number of rotatable bonds is 5. The van der Waals surface area contributed by atoms with Crippen LogP contribution in [0.2, 0.25) is 0 Å². The second kappa shape index (κ2) is 6.21. The van der Waals surface area contributed by atoms with E-state index in [1.165, 1.54) is 0 Å². The minimum Gasteiger partial charge on any atom is -0.391 e. The number of hydrogen-bond acceptors (Lipinski definition) is 3. The van der Waals surface area contributed by atoms with Gasteiger partial charge in [-0.05, 0) is 31.2 Å². The predicted octanol–water partition coefficient (Wildman–Crippen LogP) is 0.508. The van der Waals surface area contributed by atoms with E-state index in [0.29, 0.717) is 18.4 Å². The maximum atomic E-state index is 11.8. The summed E-state index contributed by atoms with van der Waals surface area (Å²) in [4.78, 5) is 11.8. The summed E-state index contributed by atoms with van der Waals surface area (Å²) < 4.78 is 0. The molecule has 1 aliphatic heterocycles. The first-order valence-corrected chi connectivity index (χ1v) is 6.20. The number of aliphatic hydroxyl groups is 1. The molecule has 4 nitrogen and oxygen atoms in total. The number of carbonyl (C=O) groups is 1. The van der Waals surface area contributed by atoms with Crippen molar-refractivity contribution < 1.29 is 9.90 Å². The van der Waals surface area contributed by atoms with Crippen LogP contribution in [0.5, 0.6) is 0 Å². The average molecular weight is 228 g/mol. The van der Waals surface area contributed by atoms with Crippen LogP contribution in [0.4, 0.5) is 0 Å². The van der Waals surface area contributed by atoms with Crippen molar-refractivity contribution in [2.45, 2.75) is 45.8 Å². The van der Waals surface area contributed by atoms with E-state index in [1.54, 1.807) is 0 Å². The van der Waals surface area contributed by atoms with E-state index in [9.17, 15) is 9.90 Å². The van der Waals surface area contributed by atoms with Crippen molar-refractivity contribution in [1.29, 1.82) is 0 Å². The highest BCUT2D eigenvalue weighted by Crippen LogP contribution is 2.14. The largest absolute Gasteiger partial charge is 0.391 e. The molecule has 0 saturated carbocycles. The first kappa shape index (κ1) is 13.5. The van der Waals surface area contributed by atoms with Gasteiger partial charge in [0.1, 0.15) is 0 Å². The van der Waals surface area contributed by atoms with Crippen LogP contribution in [-0.2, 0) is 4.79 Å². The molecular weight excluding hydrogens is 204 g/mol. The molecule has 0 aliphatic carbocycles. The smallest absolute Gasteiger partial charge is 0.237 e. The maximum Gasteiger partial charge on any atom is 0.237 e. The van der Waals surface area contributed by atoms with Crippen LogP contribution in [0, 0.1) is 11.8 Å². The minimum atomic E-state index is -0.430. The van der Waals surface area contributed by atoms with Gasteiger partial charge in [-0.2, -0.15) is 0 Å². The molecule has 3 unspecified atom stereocenters. The number of carbonyl (C=O) groups excluding carboxylic acids is 1. The summed E-state index contributed by atoms with van der Waals surface area (Å²) in [6, 6.07) is -0.0775. The Morgan fingerprint density at radius 2 is 2.25 bits per heavy atom. The van der Waals surface area contributed by atoms with Crippen LogP contribution >= 0.6 is 0 Å². The average Bonchev–Trinajstić information content (AvgIpc) is 2.60. The summed E-state index contributed by atoms with van der Waals surface area (Å²) in [6.07, 6.45) is 1.35. The van der Waals surface area contributed by atoms with E-state index in [2.05, 4.69) is 31.4 Å². The van der Waals surface area contributed by atoms with E-state index in [4.69, 9.17) is 0 Å². The summed E-state index contributed by atoms with van der Waals surface area (Å²) in [5.41, 5.74) is 0. The number of hydrogen-bond donors (Lipinski definition) is 3. The van der Waals surface area contributed by atoms with Gasteiger partial charge in [-0.15, -0.1) is 0 Å². The van der Waals surface area contributed by atoms with Crippen LogP contribution in [0.15, 0.2) is 0 Å². The lowest BCUT2D eigenvalue weighted by molar-refractivity contribution is -0.124. The van der Waals surface area contributed by atoms with Crippen LogP contribution < -0.4 is 10.6 Å². The van der Waals surface area contributed by atoms with Gasteiger partial charge in [0.15, 0.2) is 0 Å². The van der Waals surface area contributed by atoms with Crippen molar-refractivity contribution in [2.24, 2.45) is 11.8 Å². The van der Waals surface area contributed by atoms with E-state index in [1.807, 2.05) is 0 Å². The van der Waals surface area contributed by atoms with E-state index < -0.39 is 6.10 Å². The zero-order valence-corrected chi connectivity index (χ0v) is 10.5. The third-order valence-electron chi connectivity index (χ3n) is 3.07. The molecule has 0 aromatic carbocycles. The maximum absolute atomic E-state index is 11.8. The predicted molar refractivity (Wildman–Crippen MR) is 64.0 cm³/mol. The Morgan fingerprint density at radius 1 is 1.56 bits per heavy atom. The second-order valence-electron chi connectivity index (χ2n) is 5.23. The van der Waals surface area contributed by atoms with Gasteiger partial charge >= 0.3 is 0 Å². The van der Waals surface area contributed by atoms with Gasteiger partial charge in [-0.1, -0.05) is 20.8 Å². The van der Waals surface area contributed by atoms with Gasteiger partial charge in [-0.25, -0.2) is 0 Å². The SMILES string of the molecule is CC(C)CC(O)CNC(=O)C1NCCC1C. The molecule has 0 aromatic rings. The molecule has 94 valence electrons. The Bertz CT molecular complexity index is 231. The van der Waals surface area contributed by atoms with Crippen LogP contribution in [0.1, 0.15) is 33.6 Å². The fourth-order valence-corrected chi connectivity index (χ4v) is 2.14. The van der Waals surface area contributed by atoms with Crippen molar-refractivity contribution >= 4 is 5.91 Å². The molecule has 0 radical (unpaired) electrons. The molecule has 1 fully saturated rings. The van der Waals surface area contributed by atoms with Crippen LogP contribution in [0.25, 0.3) is 0 Å². The summed E-state index contributed by atoms with van der Waals surface area (Å²) in [6.45, 7) is 7.47. The molecule has 0 bridgehead atoms. The first-order chi connectivity index (χ1) is 7.50. The Morgan fingerprint density at radius 3 is 2.75 bits per heavy atom. The fourth-order valence-electron chi connectivity index (χ4n) is 2.14. The lowest BCUT2D eigenvalue weighted by atomic mass is 10.0. The Labute approximate surface area is 97.8 Å². The van der Waals surface area contributed by atoms with Crippen molar-refractivity contribution in [1.82, 2.24) is 10.6 Å². The Balaban J connectivity index is 2.24. The van der Waals surface area contributed by atoms with E-state index in [0.717, 1.165) is 19.4 Å². The van der Waals surface area contributed by atoms with Gasteiger partial charge in [-0.3, -0.25) is 4.79 Å². The van der Waals surface area contributed by atoms with Gasteiger partial charge < -0.3 is 15.7 Å². The minimum absolute atomic E-state index is 0.0211. The summed E-state index contributed by atoms with van der Waals surface area (Å²) in [7, 11) is 0. The molecule has 16 heavy (non-hydrogen) atoms. The molecule has 0 spiro atoms. The highest BCUT2D eigenvalue weighted by Gasteiger charge is 2.29. The molecule has 3 N–H and O–H groups in total. The monoisotopic (exact) mass is 228 g/mol. The second-order valence-corrected chi connectivity index (χ2v) is 5.23. The number of amides is 1. The van der Waals surface area contributed by atoms with E-state index in [-0.39, 0.29) is 11.9 Å². The third kappa shape index (κ3) is 4.10. The summed E-state index contributed by atoms with van der Waals surface area (Å²) in [5, 5.41) is 15.6. The molecule has 3 atom stereocenters. The quantitative estimate of drug-likeness (QED) is 0.642. The van der Waals surface area contributed by atoms with Crippen molar-refractivity contribution in [3.63, 3.8) is 0 Å². The molecule has 1 saturated heterocycles. The molecule has 1 heterocycles. The highest BCUT2D eigenvalue weighted by molar-refractivity contribution is 5.82. The number of nitrogens with one attached hydrogen (secondary N) is 2. The number of aliphatic hydroxyl groups excluding tert-OH is 1. The lowest BCUT2D eigenvalue weighted by Gasteiger charge is -2.18. The molecule has 1 rings (SSSR count). The van der Waals surface area contributed by atoms with Gasteiger partial charge in [0.25, 0.3) is 0 Å². The zero-order chi connectivity index (χ0) is 12.1. The van der Waals surface area contributed by atoms with Gasteiger partial charge in [0.2, 0.25) is 5.91 Å².